The lowest BCUT2D eigenvalue weighted by Gasteiger charge is -2.26. The van der Waals surface area contributed by atoms with Crippen molar-refractivity contribution >= 4 is 27.4 Å². The molecule has 1 aromatic rings. The van der Waals surface area contributed by atoms with Crippen LogP contribution in [0.5, 0.6) is 0 Å². The molecule has 1 N–H and O–H groups in total. The van der Waals surface area contributed by atoms with Gasteiger partial charge >= 0.3 is 5.97 Å². The lowest BCUT2D eigenvalue weighted by Crippen LogP contribution is -2.35. The summed E-state index contributed by atoms with van der Waals surface area (Å²) in [5.41, 5.74) is -0.781. The summed E-state index contributed by atoms with van der Waals surface area (Å²) in [6, 6.07) is 3.00. The fourth-order valence-electron chi connectivity index (χ4n) is 2.58. The Morgan fingerprint density at radius 1 is 1.21 bits per heavy atom. The van der Waals surface area contributed by atoms with E-state index < -0.39 is 43.0 Å². The standard InChI is InChI=1S/C14H16N2O7S/c17-13(18)9-24(22,23)12-5-4-10(8-11(12)16(20)21)14(19)15-6-2-1-3-7-15/h4-5,8H,1-3,6-7,9H2,(H,17,18). The van der Waals surface area contributed by atoms with Crippen LogP contribution in [0.1, 0.15) is 29.6 Å². The van der Waals surface area contributed by atoms with Crippen molar-refractivity contribution in [2.45, 2.75) is 24.2 Å². The number of nitro benzene ring substituents is 1. The Balaban J connectivity index is 2.41. The lowest BCUT2D eigenvalue weighted by molar-refractivity contribution is -0.387. The molecule has 130 valence electrons. The Hall–Kier alpha value is -2.49. The molecule has 2 rings (SSSR count). The minimum atomic E-state index is -4.37. The summed E-state index contributed by atoms with van der Waals surface area (Å²) in [4.78, 5) is 34.1. The number of nitrogens with zero attached hydrogens (tertiary/aromatic N) is 2. The number of carbonyl (C=O) groups is 2. The lowest BCUT2D eigenvalue weighted by atomic mass is 10.1. The monoisotopic (exact) mass is 356 g/mol. The van der Waals surface area contributed by atoms with Crippen LogP contribution in [-0.2, 0) is 14.6 Å². The summed E-state index contributed by atoms with van der Waals surface area (Å²) >= 11 is 0. The molecule has 24 heavy (non-hydrogen) atoms. The minimum absolute atomic E-state index is 0.0119. The van der Waals surface area contributed by atoms with E-state index in [2.05, 4.69) is 0 Å². The van der Waals surface area contributed by atoms with Gasteiger partial charge in [-0.15, -0.1) is 0 Å². The number of hydrogen-bond acceptors (Lipinski definition) is 6. The zero-order valence-corrected chi connectivity index (χ0v) is 13.5. The number of aliphatic carboxylic acids is 1. The van der Waals surface area contributed by atoms with Crippen molar-refractivity contribution in [3.8, 4) is 0 Å². The highest BCUT2D eigenvalue weighted by Crippen LogP contribution is 2.27. The van der Waals surface area contributed by atoms with Crippen LogP contribution in [0.25, 0.3) is 0 Å². The average molecular weight is 356 g/mol. The van der Waals surface area contributed by atoms with Gasteiger partial charge in [0.05, 0.1) is 4.92 Å². The third-order valence-electron chi connectivity index (χ3n) is 3.69. The van der Waals surface area contributed by atoms with E-state index >= 15 is 0 Å². The van der Waals surface area contributed by atoms with E-state index in [0.717, 1.165) is 31.4 Å². The van der Waals surface area contributed by atoms with Crippen molar-refractivity contribution < 1.29 is 28.0 Å². The molecule has 1 heterocycles. The van der Waals surface area contributed by atoms with Crippen LogP contribution in [0.15, 0.2) is 23.1 Å². The summed E-state index contributed by atoms with van der Waals surface area (Å²) in [6.45, 7) is 1.09. The summed E-state index contributed by atoms with van der Waals surface area (Å²) in [7, 11) is -4.37. The minimum Gasteiger partial charge on any atom is -0.480 e. The van der Waals surface area contributed by atoms with Crippen LogP contribution in [0.3, 0.4) is 0 Å². The normalized spacial score (nSPS) is 15.1. The van der Waals surface area contributed by atoms with Gasteiger partial charge in [-0.1, -0.05) is 0 Å². The van der Waals surface area contributed by atoms with Crippen LogP contribution < -0.4 is 0 Å². The highest BCUT2D eigenvalue weighted by Gasteiger charge is 2.30. The van der Waals surface area contributed by atoms with Gasteiger partial charge in [-0.3, -0.25) is 19.7 Å². The molecule has 0 aromatic heterocycles. The topological polar surface area (TPSA) is 135 Å². The fraction of sp³-hybridized carbons (Fsp3) is 0.429. The van der Waals surface area contributed by atoms with Gasteiger partial charge in [0.25, 0.3) is 11.6 Å². The van der Waals surface area contributed by atoms with Crippen molar-refractivity contribution in [2.75, 3.05) is 18.8 Å². The van der Waals surface area contributed by atoms with Crippen LogP contribution >= 0.6 is 0 Å². The molecule has 1 aromatic carbocycles. The maximum Gasteiger partial charge on any atom is 0.319 e. The number of hydrogen-bond donors (Lipinski definition) is 1. The number of carboxylic acids is 1. The summed E-state index contributed by atoms with van der Waals surface area (Å²) in [5, 5.41) is 19.8. The number of amides is 1. The Kier molecular flexibility index (Phi) is 5.17. The molecule has 1 fully saturated rings. The number of likely N-dealkylation sites (tertiary alicyclic amines) is 1. The van der Waals surface area contributed by atoms with E-state index in [4.69, 9.17) is 5.11 Å². The number of sulfone groups is 1. The van der Waals surface area contributed by atoms with E-state index in [0.29, 0.717) is 13.1 Å². The second kappa shape index (κ2) is 6.95. The molecule has 0 radical (unpaired) electrons. The van der Waals surface area contributed by atoms with Crippen molar-refractivity contribution in [3.05, 3.63) is 33.9 Å². The molecule has 0 unspecified atom stereocenters. The van der Waals surface area contributed by atoms with Gasteiger partial charge in [-0.05, 0) is 31.4 Å². The SMILES string of the molecule is O=C(O)CS(=O)(=O)c1ccc(C(=O)N2CCCCC2)cc1[N+](=O)[O-]. The molecule has 1 aliphatic heterocycles. The Labute approximate surface area is 138 Å². The molecular weight excluding hydrogens is 340 g/mol. The van der Waals surface area contributed by atoms with E-state index in [1.807, 2.05) is 0 Å². The van der Waals surface area contributed by atoms with Crippen LogP contribution in [-0.4, -0.2) is 54.1 Å². The molecule has 0 aliphatic carbocycles. The molecule has 0 saturated carbocycles. The zero-order valence-electron chi connectivity index (χ0n) is 12.7. The van der Waals surface area contributed by atoms with Crippen molar-refractivity contribution in [1.82, 2.24) is 4.90 Å². The Morgan fingerprint density at radius 3 is 2.38 bits per heavy atom. The fourth-order valence-corrected chi connectivity index (χ4v) is 3.78. The van der Waals surface area contributed by atoms with E-state index in [-0.39, 0.29) is 5.56 Å². The maximum absolute atomic E-state index is 12.4. The molecule has 1 saturated heterocycles. The van der Waals surface area contributed by atoms with Gasteiger partial charge in [0.1, 0.15) is 4.90 Å². The van der Waals surface area contributed by atoms with Crippen molar-refractivity contribution in [2.24, 2.45) is 0 Å². The predicted octanol–water partition coefficient (Wildman–Crippen LogP) is 1.08. The first-order chi connectivity index (χ1) is 11.2. The first-order valence-electron chi connectivity index (χ1n) is 7.24. The quantitative estimate of drug-likeness (QED) is 0.616. The molecule has 0 atom stereocenters. The van der Waals surface area contributed by atoms with Gasteiger partial charge < -0.3 is 10.0 Å². The van der Waals surface area contributed by atoms with Crippen LogP contribution in [0.4, 0.5) is 5.69 Å². The summed E-state index contributed by atoms with van der Waals surface area (Å²) in [5.74, 6) is -3.27. The van der Waals surface area contributed by atoms with E-state index in [1.165, 1.54) is 6.07 Å². The van der Waals surface area contributed by atoms with Gasteiger partial charge in [0.2, 0.25) is 0 Å². The van der Waals surface area contributed by atoms with Crippen LogP contribution in [0, 0.1) is 10.1 Å². The molecule has 1 amide bonds. The maximum atomic E-state index is 12.4. The van der Waals surface area contributed by atoms with E-state index in [9.17, 15) is 28.1 Å². The molecule has 9 nitrogen and oxygen atoms in total. The predicted molar refractivity (Wildman–Crippen MR) is 82.5 cm³/mol. The smallest absolute Gasteiger partial charge is 0.319 e. The highest BCUT2D eigenvalue weighted by molar-refractivity contribution is 7.92. The Bertz CT molecular complexity index is 782. The number of nitro groups is 1. The number of piperidine rings is 1. The molecule has 0 bridgehead atoms. The number of carboxylic acid groups (broad SMARTS) is 1. The first-order valence-corrected chi connectivity index (χ1v) is 8.90. The second-order valence-electron chi connectivity index (χ2n) is 5.45. The highest BCUT2D eigenvalue weighted by atomic mass is 32.2. The van der Waals surface area contributed by atoms with E-state index in [1.54, 1.807) is 4.90 Å². The summed E-state index contributed by atoms with van der Waals surface area (Å²) in [6.07, 6.45) is 2.70. The third-order valence-corrected chi connectivity index (χ3v) is 5.34. The van der Waals surface area contributed by atoms with Crippen LogP contribution in [0.2, 0.25) is 0 Å². The molecule has 0 spiro atoms. The van der Waals surface area contributed by atoms with Gasteiger partial charge in [0.15, 0.2) is 15.6 Å². The number of benzene rings is 1. The van der Waals surface area contributed by atoms with Crippen molar-refractivity contribution in [1.29, 1.82) is 0 Å². The van der Waals surface area contributed by atoms with Crippen molar-refractivity contribution in [3.63, 3.8) is 0 Å². The van der Waals surface area contributed by atoms with Gasteiger partial charge in [-0.25, -0.2) is 8.42 Å². The molecular formula is C14H16N2O7S. The third kappa shape index (κ3) is 3.88. The Morgan fingerprint density at radius 2 is 1.83 bits per heavy atom. The molecule has 1 aliphatic rings. The van der Waals surface area contributed by atoms with Gasteiger partial charge in [0, 0.05) is 24.7 Å². The average Bonchev–Trinajstić information content (AvgIpc) is 2.53. The first kappa shape index (κ1) is 17.9. The summed E-state index contributed by atoms with van der Waals surface area (Å²) < 4.78 is 23.9. The number of carbonyl (C=O) groups excluding carboxylic acids is 1. The largest absolute Gasteiger partial charge is 0.480 e. The van der Waals surface area contributed by atoms with Gasteiger partial charge in [-0.2, -0.15) is 0 Å². The second-order valence-corrected chi connectivity index (χ2v) is 7.40. The number of rotatable bonds is 5. The zero-order chi connectivity index (χ0) is 17.9. The molecule has 10 heteroatoms.